The summed E-state index contributed by atoms with van der Waals surface area (Å²) in [5.74, 6) is 1.11. The minimum absolute atomic E-state index is 0.131. The molecule has 1 aromatic carbocycles. The van der Waals surface area contributed by atoms with Crippen molar-refractivity contribution in [3.05, 3.63) is 69.9 Å². The maximum atomic E-state index is 13.1. The number of aryl methyl sites for hydroxylation is 2. The van der Waals surface area contributed by atoms with E-state index in [-0.39, 0.29) is 12.1 Å². The average molecular weight is 419 g/mol. The van der Waals surface area contributed by atoms with Crippen molar-refractivity contribution >= 4 is 5.52 Å². The highest BCUT2D eigenvalue weighted by atomic mass is 16.5. The van der Waals surface area contributed by atoms with Crippen molar-refractivity contribution in [2.24, 2.45) is 0 Å². The van der Waals surface area contributed by atoms with Crippen LogP contribution in [-0.2, 0) is 13.1 Å². The fourth-order valence-corrected chi connectivity index (χ4v) is 4.17. The number of aromatic nitrogens is 5. The summed E-state index contributed by atoms with van der Waals surface area (Å²) in [4.78, 5) is 19.9. The Kier molecular flexibility index (Phi) is 5.15. The maximum absolute atomic E-state index is 13.1. The molecule has 0 spiro atoms. The first-order valence-electron chi connectivity index (χ1n) is 10.8. The van der Waals surface area contributed by atoms with E-state index in [1.807, 2.05) is 6.07 Å². The second-order valence-electron chi connectivity index (χ2n) is 8.35. The second-order valence-corrected chi connectivity index (χ2v) is 8.35. The van der Waals surface area contributed by atoms with Crippen LogP contribution in [0.4, 0.5) is 0 Å². The Morgan fingerprint density at radius 3 is 2.71 bits per heavy atom. The van der Waals surface area contributed by atoms with Crippen LogP contribution in [0.1, 0.15) is 42.1 Å². The smallest absolute Gasteiger partial charge is 0.277 e. The molecule has 31 heavy (non-hydrogen) atoms. The highest BCUT2D eigenvalue weighted by Crippen LogP contribution is 2.23. The molecule has 1 saturated heterocycles. The highest BCUT2D eigenvalue weighted by Gasteiger charge is 2.16. The number of likely N-dealkylation sites (tertiary alicyclic amines) is 1. The van der Waals surface area contributed by atoms with Crippen LogP contribution in [0, 0.1) is 13.8 Å². The van der Waals surface area contributed by atoms with E-state index in [9.17, 15) is 4.79 Å². The molecule has 0 saturated carbocycles. The van der Waals surface area contributed by atoms with Gasteiger partial charge in [-0.1, -0.05) is 29.3 Å². The number of fused-ring (bicyclic) bond motifs is 1. The predicted molar refractivity (Wildman–Crippen MR) is 117 cm³/mol. The molecule has 1 aliphatic rings. The molecule has 160 valence electrons. The van der Waals surface area contributed by atoms with Crippen molar-refractivity contribution in [1.29, 1.82) is 0 Å². The summed E-state index contributed by atoms with van der Waals surface area (Å²) in [6.07, 6.45) is 7.23. The predicted octanol–water partition coefficient (Wildman–Crippen LogP) is 3.20. The van der Waals surface area contributed by atoms with Gasteiger partial charge in [0, 0.05) is 18.0 Å². The Bertz CT molecular complexity index is 1280. The Morgan fingerprint density at radius 1 is 1.03 bits per heavy atom. The van der Waals surface area contributed by atoms with Crippen LogP contribution in [-0.4, -0.2) is 42.3 Å². The number of hydrogen-bond donors (Lipinski definition) is 0. The molecule has 4 aromatic rings. The first kappa shape index (κ1) is 19.7. The number of rotatable bonds is 5. The topological polar surface area (TPSA) is 81.5 Å². The summed E-state index contributed by atoms with van der Waals surface area (Å²) in [5.41, 5.74) is 4.51. The molecular formula is C23H26N6O2. The lowest BCUT2D eigenvalue weighted by atomic mass is 10.0. The standard InChI is InChI=1S/C23H26N6O2/c1-16-6-7-17(2)18(12-16)19-13-20-23(30)28(10-11-29(20)25-19)14-21-24-22(31-26-21)15-27-8-4-3-5-9-27/h6-7,10-13H,3-5,8-9,14-15H2,1-2H3. The van der Waals surface area contributed by atoms with E-state index in [2.05, 4.69) is 52.2 Å². The first-order chi connectivity index (χ1) is 15.1. The Balaban J connectivity index is 1.39. The zero-order valence-electron chi connectivity index (χ0n) is 17.9. The van der Waals surface area contributed by atoms with Gasteiger partial charge >= 0.3 is 0 Å². The van der Waals surface area contributed by atoms with Gasteiger partial charge in [0.05, 0.1) is 18.8 Å². The molecule has 8 heteroatoms. The average Bonchev–Trinajstić information content (AvgIpc) is 3.40. The number of benzene rings is 1. The van der Waals surface area contributed by atoms with Gasteiger partial charge in [-0.25, -0.2) is 4.52 Å². The SMILES string of the molecule is Cc1ccc(C)c(-c2cc3c(=O)n(Cc4noc(CN5CCCCC5)n4)ccn3n2)c1. The fourth-order valence-electron chi connectivity index (χ4n) is 4.17. The van der Waals surface area contributed by atoms with Gasteiger partial charge in [0.1, 0.15) is 5.52 Å². The van der Waals surface area contributed by atoms with E-state index in [0.717, 1.165) is 35.5 Å². The van der Waals surface area contributed by atoms with E-state index in [4.69, 9.17) is 4.52 Å². The number of nitrogens with zero attached hydrogens (tertiary/aromatic N) is 6. The van der Waals surface area contributed by atoms with E-state index in [0.29, 0.717) is 23.8 Å². The van der Waals surface area contributed by atoms with Gasteiger partial charge < -0.3 is 9.09 Å². The molecule has 3 aromatic heterocycles. The van der Waals surface area contributed by atoms with Crippen molar-refractivity contribution in [3.8, 4) is 11.3 Å². The monoisotopic (exact) mass is 418 g/mol. The number of hydrogen-bond acceptors (Lipinski definition) is 6. The molecule has 1 fully saturated rings. The Labute approximate surface area is 180 Å². The molecule has 4 heterocycles. The van der Waals surface area contributed by atoms with E-state index < -0.39 is 0 Å². The summed E-state index contributed by atoms with van der Waals surface area (Å²) < 4.78 is 8.65. The van der Waals surface area contributed by atoms with Gasteiger partial charge in [-0.3, -0.25) is 9.69 Å². The molecule has 1 aliphatic heterocycles. The van der Waals surface area contributed by atoms with Gasteiger partial charge in [0.15, 0.2) is 5.82 Å². The quantitative estimate of drug-likeness (QED) is 0.495. The van der Waals surface area contributed by atoms with E-state index in [1.165, 1.54) is 19.3 Å². The molecule has 0 N–H and O–H groups in total. The molecule has 0 bridgehead atoms. The fraction of sp³-hybridized carbons (Fsp3) is 0.391. The summed E-state index contributed by atoms with van der Waals surface area (Å²) >= 11 is 0. The van der Waals surface area contributed by atoms with Crippen molar-refractivity contribution in [2.45, 2.75) is 46.2 Å². The lowest BCUT2D eigenvalue weighted by Crippen LogP contribution is -2.29. The molecular weight excluding hydrogens is 392 g/mol. The molecule has 0 unspecified atom stereocenters. The van der Waals surface area contributed by atoms with Gasteiger partial charge in [0.25, 0.3) is 5.56 Å². The third-order valence-electron chi connectivity index (χ3n) is 5.90. The summed E-state index contributed by atoms with van der Waals surface area (Å²) in [6, 6.07) is 8.09. The van der Waals surface area contributed by atoms with Crippen molar-refractivity contribution < 1.29 is 4.52 Å². The van der Waals surface area contributed by atoms with Gasteiger partial charge in [-0.15, -0.1) is 0 Å². The Hall–Kier alpha value is -3.26. The summed E-state index contributed by atoms with van der Waals surface area (Å²) in [7, 11) is 0. The van der Waals surface area contributed by atoms with Crippen molar-refractivity contribution in [2.75, 3.05) is 13.1 Å². The summed E-state index contributed by atoms with van der Waals surface area (Å²) in [6.45, 7) is 7.17. The van der Waals surface area contributed by atoms with Crippen molar-refractivity contribution in [1.82, 2.24) is 29.2 Å². The molecule has 5 rings (SSSR count). The zero-order valence-corrected chi connectivity index (χ0v) is 17.9. The molecule has 0 aliphatic carbocycles. The summed E-state index contributed by atoms with van der Waals surface area (Å²) in [5, 5.41) is 8.69. The minimum Gasteiger partial charge on any atom is -0.338 e. The van der Waals surface area contributed by atoms with Crippen LogP contribution in [0.5, 0.6) is 0 Å². The number of piperidine rings is 1. The zero-order chi connectivity index (χ0) is 21.4. The normalized spacial score (nSPS) is 15.0. The second kappa shape index (κ2) is 8.11. The van der Waals surface area contributed by atoms with Gasteiger partial charge in [0.2, 0.25) is 5.89 Å². The molecule has 0 radical (unpaired) electrons. The van der Waals surface area contributed by atoms with Crippen molar-refractivity contribution in [3.63, 3.8) is 0 Å². The third-order valence-corrected chi connectivity index (χ3v) is 5.90. The maximum Gasteiger partial charge on any atom is 0.277 e. The van der Waals surface area contributed by atoms with E-state index in [1.54, 1.807) is 21.5 Å². The lowest BCUT2D eigenvalue weighted by molar-refractivity contribution is 0.193. The minimum atomic E-state index is -0.131. The molecule has 0 atom stereocenters. The van der Waals surface area contributed by atoms with Crippen LogP contribution in [0.3, 0.4) is 0 Å². The van der Waals surface area contributed by atoms with Gasteiger partial charge in [-0.05, 0) is 57.5 Å². The largest absolute Gasteiger partial charge is 0.338 e. The van der Waals surface area contributed by atoms with Gasteiger partial charge in [-0.2, -0.15) is 10.1 Å². The first-order valence-corrected chi connectivity index (χ1v) is 10.8. The van der Waals surface area contributed by atoms with Crippen LogP contribution in [0.15, 0.2) is 46.0 Å². The lowest BCUT2D eigenvalue weighted by Gasteiger charge is -2.24. The van der Waals surface area contributed by atoms with Crippen LogP contribution in [0.2, 0.25) is 0 Å². The third kappa shape index (κ3) is 4.03. The Morgan fingerprint density at radius 2 is 1.87 bits per heavy atom. The van der Waals surface area contributed by atoms with E-state index >= 15 is 0 Å². The molecule has 8 nitrogen and oxygen atoms in total. The van der Waals surface area contributed by atoms with Crippen LogP contribution in [0.25, 0.3) is 16.8 Å². The van der Waals surface area contributed by atoms with Crippen LogP contribution >= 0.6 is 0 Å². The highest BCUT2D eigenvalue weighted by molar-refractivity contribution is 5.69. The molecule has 0 amide bonds. The van der Waals surface area contributed by atoms with Crippen LogP contribution < -0.4 is 5.56 Å².